The van der Waals surface area contributed by atoms with Crippen molar-refractivity contribution in [2.45, 2.75) is 19.9 Å². The molecule has 0 aliphatic rings. The highest BCUT2D eigenvalue weighted by Gasteiger charge is 2.06. The summed E-state index contributed by atoms with van der Waals surface area (Å²) in [5.74, 6) is -0.897. The van der Waals surface area contributed by atoms with Crippen molar-refractivity contribution in [3.05, 3.63) is 23.9 Å². The van der Waals surface area contributed by atoms with Crippen LogP contribution in [0.3, 0.4) is 0 Å². The maximum Gasteiger partial charge on any atom is 0.354 e. The summed E-state index contributed by atoms with van der Waals surface area (Å²) in [5, 5.41) is 14.2. The first-order chi connectivity index (χ1) is 7.99. The van der Waals surface area contributed by atoms with Crippen LogP contribution in [0.1, 0.15) is 24.3 Å². The molecule has 0 aliphatic heterocycles. The summed E-state index contributed by atoms with van der Waals surface area (Å²) in [5.41, 5.74) is -0.0562. The molecule has 1 rings (SSSR count). The van der Waals surface area contributed by atoms with E-state index in [9.17, 15) is 9.59 Å². The molecular formula is C11H15N3O3. The molecule has 0 bridgehead atoms. The highest BCUT2D eigenvalue weighted by Crippen LogP contribution is 2.04. The quantitative estimate of drug-likeness (QED) is 0.701. The van der Waals surface area contributed by atoms with E-state index in [1.54, 1.807) is 12.1 Å². The molecule has 0 unspecified atom stereocenters. The van der Waals surface area contributed by atoms with Gasteiger partial charge in [0.25, 0.3) is 0 Å². The number of nitrogens with one attached hydrogen (secondary N) is 2. The number of pyridine rings is 1. The molecule has 3 N–H and O–H groups in total. The van der Waals surface area contributed by atoms with E-state index < -0.39 is 5.97 Å². The molecule has 0 saturated heterocycles. The second-order valence-electron chi connectivity index (χ2n) is 3.79. The summed E-state index contributed by atoms with van der Waals surface area (Å²) in [6.07, 6.45) is 0. The molecule has 0 fully saturated rings. The minimum atomic E-state index is -1.10. The number of hydrogen-bond donors (Lipinski definition) is 3. The molecule has 0 aliphatic carbocycles. The molecule has 1 heterocycles. The summed E-state index contributed by atoms with van der Waals surface area (Å²) in [6, 6.07) is 4.64. The van der Waals surface area contributed by atoms with E-state index in [0.717, 1.165) is 0 Å². The Bertz CT molecular complexity index is 418. The minimum absolute atomic E-state index is 0.0562. The monoisotopic (exact) mass is 237 g/mol. The summed E-state index contributed by atoms with van der Waals surface area (Å²) in [7, 11) is 0. The van der Waals surface area contributed by atoms with Gasteiger partial charge in [0.1, 0.15) is 5.82 Å². The van der Waals surface area contributed by atoms with Crippen LogP contribution < -0.4 is 10.6 Å². The Morgan fingerprint density at radius 2 is 2.12 bits per heavy atom. The summed E-state index contributed by atoms with van der Waals surface area (Å²) < 4.78 is 0. The summed E-state index contributed by atoms with van der Waals surface area (Å²) in [6.45, 7) is 3.79. The first kappa shape index (κ1) is 13.0. The fourth-order valence-electron chi connectivity index (χ4n) is 1.20. The Labute approximate surface area is 99.1 Å². The maximum absolute atomic E-state index is 11.3. The van der Waals surface area contributed by atoms with Crippen LogP contribution in [-0.2, 0) is 4.79 Å². The van der Waals surface area contributed by atoms with Gasteiger partial charge in [0, 0.05) is 6.04 Å². The second kappa shape index (κ2) is 5.83. The lowest BCUT2D eigenvalue weighted by Crippen LogP contribution is -2.35. The number of amides is 1. The highest BCUT2D eigenvalue weighted by atomic mass is 16.4. The van der Waals surface area contributed by atoms with E-state index in [0.29, 0.717) is 5.82 Å². The van der Waals surface area contributed by atoms with Crippen molar-refractivity contribution in [3.8, 4) is 0 Å². The van der Waals surface area contributed by atoms with Crippen molar-refractivity contribution in [1.82, 2.24) is 10.3 Å². The molecular weight excluding hydrogens is 222 g/mol. The maximum atomic E-state index is 11.3. The first-order valence-electron chi connectivity index (χ1n) is 5.22. The molecule has 0 saturated carbocycles. The molecule has 0 spiro atoms. The van der Waals surface area contributed by atoms with Crippen LogP contribution in [0.5, 0.6) is 0 Å². The lowest BCUT2D eigenvalue weighted by atomic mass is 10.3. The molecule has 0 aromatic carbocycles. The molecule has 1 amide bonds. The van der Waals surface area contributed by atoms with Crippen molar-refractivity contribution >= 4 is 17.7 Å². The van der Waals surface area contributed by atoms with Gasteiger partial charge in [0.15, 0.2) is 5.69 Å². The van der Waals surface area contributed by atoms with Gasteiger partial charge < -0.3 is 15.7 Å². The zero-order valence-electron chi connectivity index (χ0n) is 9.73. The van der Waals surface area contributed by atoms with Gasteiger partial charge in [0.05, 0.1) is 6.54 Å². The smallest absolute Gasteiger partial charge is 0.354 e. The van der Waals surface area contributed by atoms with Crippen LogP contribution in [0, 0.1) is 0 Å². The zero-order chi connectivity index (χ0) is 12.8. The van der Waals surface area contributed by atoms with Gasteiger partial charge in [-0.2, -0.15) is 0 Å². The lowest BCUT2D eigenvalue weighted by Gasteiger charge is -2.09. The van der Waals surface area contributed by atoms with Gasteiger partial charge >= 0.3 is 5.97 Å². The van der Waals surface area contributed by atoms with Crippen LogP contribution >= 0.6 is 0 Å². The number of aromatic carboxylic acids is 1. The Kier molecular flexibility index (Phi) is 4.45. The highest BCUT2D eigenvalue weighted by molar-refractivity contribution is 5.86. The number of carbonyl (C=O) groups is 2. The van der Waals surface area contributed by atoms with Gasteiger partial charge in [-0.3, -0.25) is 4.79 Å². The first-order valence-corrected chi connectivity index (χ1v) is 5.22. The molecule has 0 atom stereocenters. The molecule has 1 aromatic heterocycles. The van der Waals surface area contributed by atoms with E-state index in [1.807, 2.05) is 13.8 Å². The number of carboxylic acids is 1. The molecule has 6 nitrogen and oxygen atoms in total. The predicted molar refractivity (Wildman–Crippen MR) is 63.0 cm³/mol. The third-order valence-electron chi connectivity index (χ3n) is 1.85. The van der Waals surface area contributed by atoms with Crippen LogP contribution in [0.4, 0.5) is 5.82 Å². The lowest BCUT2D eigenvalue weighted by molar-refractivity contribution is -0.119. The molecule has 6 heteroatoms. The van der Waals surface area contributed by atoms with Crippen LogP contribution in [0.2, 0.25) is 0 Å². The number of nitrogens with zero attached hydrogens (tertiary/aromatic N) is 1. The Hall–Kier alpha value is -2.11. The zero-order valence-corrected chi connectivity index (χ0v) is 9.73. The van der Waals surface area contributed by atoms with Crippen LogP contribution in [-0.4, -0.2) is 34.6 Å². The second-order valence-corrected chi connectivity index (χ2v) is 3.79. The Morgan fingerprint density at radius 1 is 1.41 bits per heavy atom. The number of anilines is 1. The largest absolute Gasteiger partial charge is 0.477 e. The van der Waals surface area contributed by atoms with Gasteiger partial charge in [-0.15, -0.1) is 0 Å². The van der Waals surface area contributed by atoms with E-state index in [-0.39, 0.29) is 24.2 Å². The summed E-state index contributed by atoms with van der Waals surface area (Å²) >= 11 is 0. The van der Waals surface area contributed by atoms with Gasteiger partial charge in [-0.25, -0.2) is 9.78 Å². The van der Waals surface area contributed by atoms with Gasteiger partial charge in [-0.1, -0.05) is 6.07 Å². The number of hydrogen-bond acceptors (Lipinski definition) is 4. The number of carbonyl (C=O) groups excluding carboxylic acids is 1. The van der Waals surface area contributed by atoms with Crippen LogP contribution in [0.25, 0.3) is 0 Å². The molecule has 92 valence electrons. The van der Waals surface area contributed by atoms with Crippen molar-refractivity contribution in [2.24, 2.45) is 0 Å². The van der Waals surface area contributed by atoms with E-state index in [2.05, 4.69) is 15.6 Å². The fourth-order valence-corrected chi connectivity index (χ4v) is 1.20. The standard InChI is InChI=1S/C11H15N3O3/c1-7(2)13-10(15)6-12-9-5-3-4-8(14-9)11(16)17/h3-5,7H,6H2,1-2H3,(H,12,14)(H,13,15)(H,16,17). The van der Waals surface area contributed by atoms with E-state index in [1.165, 1.54) is 6.07 Å². The molecule has 0 radical (unpaired) electrons. The predicted octanol–water partition coefficient (Wildman–Crippen LogP) is 0.716. The molecule has 1 aromatic rings. The van der Waals surface area contributed by atoms with Crippen molar-refractivity contribution in [3.63, 3.8) is 0 Å². The van der Waals surface area contributed by atoms with E-state index in [4.69, 9.17) is 5.11 Å². The van der Waals surface area contributed by atoms with Crippen molar-refractivity contribution < 1.29 is 14.7 Å². The SMILES string of the molecule is CC(C)NC(=O)CNc1cccc(C(=O)O)n1. The average Bonchev–Trinajstić information content (AvgIpc) is 2.26. The van der Waals surface area contributed by atoms with Gasteiger partial charge in [0.2, 0.25) is 5.91 Å². The number of aromatic nitrogens is 1. The van der Waals surface area contributed by atoms with Crippen LogP contribution in [0.15, 0.2) is 18.2 Å². The topological polar surface area (TPSA) is 91.3 Å². The average molecular weight is 237 g/mol. The van der Waals surface area contributed by atoms with Crippen molar-refractivity contribution in [1.29, 1.82) is 0 Å². The normalized spacial score (nSPS) is 10.1. The Balaban J connectivity index is 2.54. The third-order valence-corrected chi connectivity index (χ3v) is 1.85. The Morgan fingerprint density at radius 3 is 2.71 bits per heavy atom. The van der Waals surface area contributed by atoms with Gasteiger partial charge in [-0.05, 0) is 26.0 Å². The fraction of sp³-hybridized carbons (Fsp3) is 0.364. The minimum Gasteiger partial charge on any atom is -0.477 e. The number of rotatable bonds is 5. The molecule has 17 heavy (non-hydrogen) atoms. The number of carboxylic acid groups (broad SMARTS) is 1. The van der Waals surface area contributed by atoms with E-state index >= 15 is 0 Å². The summed E-state index contributed by atoms with van der Waals surface area (Å²) in [4.78, 5) is 25.8. The third kappa shape index (κ3) is 4.50. The van der Waals surface area contributed by atoms with Crippen molar-refractivity contribution in [2.75, 3.05) is 11.9 Å².